The van der Waals surface area contributed by atoms with Crippen molar-refractivity contribution in [3.05, 3.63) is 58.4 Å². The summed E-state index contributed by atoms with van der Waals surface area (Å²) in [6.07, 6.45) is -0.303. The van der Waals surface area contributed by atoms with Crippen LogP contribution in [0.25, 0.3) is 0 Å². The van der Waals surface area contributed by atoms with Crippen molar-refractivity contribution in [1.29, 1.82) is 0 Å². The molecule has 2 amide bonds. The monoisotopic (exact) mass is 386 g/mol. The van der Waals surface area contributed by atoms with E-state index in [-0.39, 0.29) is 17.4 Å². The van der Waals surface area contributed by atoms with Gasteiger partial charge in [-0.1, -0.05) is 18.2 Å². The highest BCUT2D eigenvalue weighted by Crippen LogP contribution is 2.20. The van der Waals surface area contributed by atoms with E-state index >= 15 is 0 Å². The van der Waals surface area contributed by atoms with Gasteiger partial charge in [-0.15, -0.1) is 0 Å². The molecule has 28 heavy (non-hydrogen) atoms. The lowest BCUT2D eigenvalue weighted by atomic mass is 10.1. The molecule has 2 aromatic rings. The van der Waals surface area contributed by atoms with Crippen LogP contribution < -0.4 is 5.32 Å². The predicted molar refractivity (Wildman–Crippen MR) is 100 cm³/mol. The number of hydrogen-bond donors (Lipinski definition) is 2. The molecule has 2 N–H and O–H groups in total. The first-order valence-corrected chi connectivity index (χ1v) is 8.67. The summed E-state index contributed by atoms with van der Waals surface area (Å²) in [4.78, 5) is 51.0. The number of imide groups is 1. The Labute approximate surface area is 162 Å². The lowest BCUT2D eigenvalue weighted by Gasteiger charge is -2.08. The van der Waals surface area contributed by atoms with E-state index in [2.05, 4.69) is 10.3 Å². The molecule has 0 aliphatic rings. The van der Waals surface area contributed by atoms with Crippen molar-refractivity contribution in [2.24, 2.45) is 0 Å². The number of carbonyl (C=O) groups excluding carboxylic acids is 4. The number of aromatic amines is 1. The molecule has 148 valence electrons. The van der Waals surface area contributed by atoms with Crippen molar-refractivity contribution in [3.63, 3.8) is 0 Å². The lowest BCUT2D eigenvalue weighted by molar-refractivity contribution is -0.123. The number of benzene rings is 1. The highest BCUT2D eigenvalue weighted by molar-refractivity contribution is 6.05. The summed E-state index contributed by atoms with van der Waals surface area (Å²) in [5.74, 6) is -2.71. The van der Waals surface area contributed by atoms with Crippen LogP contribution in [0.1, 0.15) is 56.3 Å². The zero-order chi connectivity index (χ0) is 20.8. The minimum atomic E-state index is -0.813. The van der Waals surface area contributed by atoms with Crippen molar-refractivity contribution < 1.29 is 28.7 Å². The molecular weight excluding hydrogens is 364 g/mol. The van der Waals surface area contributed by atoms with E-state index in [0.717, 1.165) is 0 Å². The Hall–Kier alpha value is -3.42. The maximum Gasteiger partial charge on any atom is 0.355 e. The molecule has 0 unspecified atom stereocenters. The third kappa shape index (κ3) is 5.06. The van der Waals surface area contributed by atoms with Gasteiger partial charge in [0.05, 0.1) is 11.7 Å². The summed E-state index contributed by atoms with van der Waals surface area (Å²) in [7, 11) is 0. The average molecular weight is 386 g/mol. The Balaban J connectivity index is 1.99. The minimum Gasteiger partial charge on any atom is -0.459 e. The number of rotatable bonds is 6. The van der Waals surface area contributed by atoms with E-state index in [1.54, 1.807) is 58.0 Å². The Morgan fingerprint density at radius 3 is 2.29 bits per heavy atom. The highest BCUT2D eigenvalue weighted by atomic mass is 16.5. The molecule has 0 bridgehead atoms. The molecule has 0 fully saturated rings. The van der Waals surface area contributed by atoms with Gasteiger partial charge in [-0.25, -0.2) is 9.59 Å². The molecule has 0 radical (unpaired) electrons. The van der Waals surface area contributed by atoms with Crippen molar-refractivity contribution in [3.8, 4) is 0 Å². The average Bonchev–Trinajstić information content (AvgIpc) is 2.94. The largest absolute Gasteiger partial charge is 0.459 e. The van der Waals surface area contributed by atoms with E-state index in [1.807, 2.05) is 0 Å². The summed E-state index contributed by atoms with van der Waals surface area (Å²) in [6, 6.07) is 8.18. The summed E-state index contributed by atoms with van der Waals surface area (Å²) in [6.45, 7) is 6.02. The van der Waals surface area contributed by atoms with Crippen LogP contribution in [0, 0.1) is 13.8 Å². The number of aromatic nitrogens is 1. The number of ether oxygens (including phenoxy) is 2. The molecule has 0 saturated heterocycles. The van der Waals surface area contributed by atoms with E-state index in [4.69, 9.17) is 9.47 Å². The van der Waals surface area contributed by atoms with Gasteiger partial charge in [-0.2, -0.15) is 0 Å². The van der Waals surface area contributed by atoms with Gasteiger partial charge in [0.2, 0.25) is 0 Å². The molecule has 0 spiro atoms. The number of aryl methyl sites for hydroxylation is 1. The lowest BCUT2D eigenvalue weighted by Crippen LogP contribution is -2.34. The zero-order valence-electron chi connectivity index (χ0n) is 16.1. The SMILES string of the molecule is Cc1[nH]c(C(=O)OCC(=O)NC(=O)c2ccccc2)c(C)c1C(=O)OC(C)C. The maximum absolute atomic E-state index is 12.3. The normalized spacial score (nSPS) is 10.5. The molecular formula is C20H22N2O6. The fourth-order valence-electron chi connectivity index (χ4n) is 2.56. The number of amides is 2. The van der Waals surface area contributed by atoms with Gasteiger partial charge in [0.15, 0.2) is 6.61 Å². The van der Waals surface area contributed by atoms with Gasteiger partial charge < -0.3 is 14.5 Å². The number of esters is 2. The summed E-state index contributed by atoms with van der Waals surface area (Å²) < 4.78 is 10.1. The molecule has 0 saturated carbocycles. The predicted octanol–water partition coefficient (Wildman–Crippen LogP) is 2.31. The fourth-order valence-corrected chi connectivity index (χ4v) is 2.56. The summed E-state index contributed by atoms with van der Waals surface area (Å²) in [5.41, 5.74) is 1.44. The summed E-state index contributed by atoms with van der Waals surface area (Å²) >= 11 is 0. The van der Waals surface area contributed by atoms with Gasteiger partial charge in [0.25, 0.3) is 11.8 Å². The van der Waals surface area contributed by atoms with Crippen LogP contribution in [0.3, 0.4) is 0 Å². The zero-order valence-corrected chi connectivity index (χ0v) is 16.1. The molecule has 1 heterocycles. The second kappa shape index (κ2) is 8.98. The van der Waals surface area contributed by atoms with Gasteiger partial charge in [0, 0.05) is 11.3 Å². The third-order valence-corrected chi connectivity index (χ3v) is 3.81. The van der Waals surface area contributed by atoms with Crippen molar-refractivity contribution >= 4 is 23.8 Å². The molecule has 2 rings (SSSR count). The van der Waals surface area contributed by atoms with Crippen molar-refractivity contribution in [2.45, 2.75) is 33.8 Å². The third-order valence-electron chi connectivity index (χ3n) is 3.81. The molecule has 0 atom stereocenters. The second-order valence-electron chi connectivity index (χ2n) is 6.40. The minimum absolute atomic E-state index is 0.0513. The van der Waals surface area contributed by atoms with Crippen LogP contribution in [0.15, 0.2) is 30.3 Å². The first kappa shape index (κ1) is 20.9. The van der Waals surface area contributed by atoms with E-state index in [0.29, 0.717) is 16.8 Å². The number of carbonyl (C=O) groups is 4. The van der Waals surface area contributed by atoms with Crippen molar-refractivity contribution in [1.82, 2.24) is 10.3 Å². The quantitative estimate of drug-likeness (QED) is 0.736. The maximum atomic E-state index is 12.3. The highest BCUT2D eigenvalue weighted by Gasteiger charge is 2.25. The van der Waals surface area contributed by atoms with Crippen molar-refractivity contribution in [2.75, 3.05) is 6.61 Å². The Bertz CT molecular complexity index is 899. The smallest absolute Gasteiger partial charge is 0.355 e. The van der Waals surface area contributed by atoms with E-state index < -0.39 is 30.4 Å². The van der Waals surface area contributed by atoms with Crippen LogP contribution in [0.4, 0.5) is 0 Å². The first-order chi connectivity index (χ1) is 13.2. The summed E-state index contributed by atoms with van der Waals surface area (Å²) in [5, 5.41) is 2.13. The molecule has 0 aliphatic carbocycles. The van der Waals surface area contributed by atoms with Gasteiger partial charge >= 0.3 is 11.9 Å². The first-order valence-electron chi connectivity index (χ1n) is 8.67. The van der Waals surface area contributed by atoms with Crippen LogP contribution >= 0.6 is 0 Å². The molecule has 0 aliphatic heterocycles. The number of nitrogens with one attached hydrogen (secondary N) is 2. The number of H-pyrrole nitrogens is 1. The molecule has 8 nitrogen and oxygen atoms in total. The molecule has 8 heteroatoms. The van der Waals surface area contributed by atoms with Gasteiger partial charge in [-0.3, -0.25) is 14.9 Å². The van der Waals surface area contributed by atoms with Crippen LogP contribution in [0.5, 0.6) is 0 Å². The van der Waals surface area contributed by atoms with E-state index in [9.17, 15) is 19.2 Å². The van der Waals surface area contributed by atoms with Gasteiger partial charge in [0.1, 0.15) is 5.69 Å². The fraction of sp³-hybridized carbons (Fsp3) is 0.300. The molecule has 1 aromatic heterocycles. The standard InChI is InChI=1S/C20H22N2O6/c1-11(2)28-19(25)16-12(3)17(21-13(16)4)20(26)27-10-15(23)22-18(24)14-8-6-5-7-9-14/h5-9,11,21H,10H2,1-4H3,(H,22,23,24). The number of hydrogen-bond acceptors (Lipinski definition) is 6. The van der Waals surface area contributed by atoms with Crippen LogP contribution in [-0.2, 0) is 14.3 Å². The van der Waals surface area contributed by atoms with E-state index in [1.165, 1.54) is 0 Å². The van der Waals surface area contributed by atoms with Gasteiger partial charge in [-0.05, 0) is 45.4 Å². The Morgan fingerprint density at radius 1 is 1.04 bits per heavy atom. The van der Waals surface area contributed by atoms with Crippen LogP contribution in [0.2, 0.25) is 0 Å². The topological polar surface area (TPSA) is 115 Å². The molecule has 1 aromatic carbocycles. The second-order valence-corrected chi connectivity index (χ2v) is 6.40. The Kier molecular flexibility index (Phi) is 6.70. The Morgan fingerprint density at radius 2 is 1.68 bits per heavy atom. The van der Waals surface area contributed by atoms with Crippen LogP contribution in [-0.4, -0.2) is 41.4 Å².